The lowest BCUT2D eigenvalue weighted by molar-refractivity contribution is -0.142. The second-order valence-electron chi connectivity index (χ2n) is 6.57. The van der Waals surface area contributed by atoms with E-state index in [1.807, 2.05) is 7.05 Å². The fourth-order valence-electron chi connectivity index (χ4n) is 3.35. The molecule has 26 heavy (non-hydrogen) atoms. The fourth-order valence-corrected chi connectivity index (χ4v) is 3.35. The molecule has 0 saturated carbocycles. The third-order valence-corrected chi connectivity index (χ3v) is 4.59. The van der Waals surface area contributed by atoms with Crippen LogP contribution in [0.4, 0.5) is 13.2 Å². The van der Waals surface area contributed by atoms with Crippen LogP contribution in [0, 0.1) is 6.92 Å². The number of furan rings is 1. The molecule has 1 aliphatic heterocycles. The van der Waals surface area contributed by atoms with Crippen molar-refractivity contribution in [2.24, 2.45) is 0 Å². The minimum absolute atomic E-state index is 0.0138. The molecule has 2 aromatic rings. The molecule has 0 spiro atoms. The quantitative estimate of drug-likeness (QED) is 0.899. The van der Waals surface area contributed by atoms with Crippen LogP contribution in [-0.4, -0.2) is 40.7 Å². The molecule has 0 bridgehead atoms. The molecule has 1 saturated heterocycles. The summed E-state index contributed by atoms with van der Waals surface area (Å²) in [5.74, 6) is -0.340. The SMILES string of the molecule is Cc1c(C(=O)NCc2ccco2)c(C(F)(F)F)nn1C1CCCN(C)C1. The van der Waals surface area contributed by atoms with Crippen molar-refractivity contribution in [2.45, 2.75) is 38.5 Å². The first kappa shape index (κ1) is 18.5. The Morgan fingerprint density at radius 3 is 2.85 bits per heavy atom. The number of halogens is 3. The number of carbonyl (C=O) groups is 1. The lowest BCUT2D eigenvalue weighted by atomic mass is 10.1. The standard InChI is InChI=1S/C17H21F3N4O2/c1-11-14(16(25)21-9-13-6-4-8-26-13)15(17(18,19)20)22-24(11)12-5-3-7-23(2)10-12/h4,6,8,12H,3,5,7,9-10H2,1-2H3,(H,21,25). The van der Waals surface area contributed by atoms with Crippen LogP contribution in [0.25, 0.3) is 0 Å². The van der Waals surface area contributed by atoms with Gasteiger partial charge in [0.15, 0.2) is 5.69 Å². The van der Waals surface area contributed by atoms with Gasteiger partial charge in [-0.2, -0.15) is 18.3 Å². The lowest BCUT2D eigenvalue weighted by Gasteiger charge is -2.30. The van der Waals surface area contributed by atoms with Gasteiger partial charge in [0.2, 0.25) is 0 Å². The van der Waals surface area contributed by atoms with Gasteiger partial charge in [-0.3, -0.25) is 9.48 Å². The maximum absolute atomic E-state index is 13.5. The Kier molecular flexibility index (Phi) is 5.08. The molecule has 1 amide bonds. The second-order valence-corrected chi connectivity index (χ2v) is 6.57. The van der Waals surface area contributed by atoms with Crippen LogP contribution in [0.2, 0.25) is 0 Å². The Bertz CT molecular complexity index is 768. The number of alkyl halides is 3. The summed E-state index contributed by atoms with van der Waals surface area (Å²) < 4.78 is 46.9. The summed E-state index contributed by atoms with van der Waals surface area (Å²) in [5, 5.41) is 6.27. The largest absolute Gasteiger partial charge is 0.467 e. The number of likely N-dealkylation sites (tertiary alicyclic amines) is 1. The van der Waals surface area contributed by atoms with E-state index < -0.39 is 23.3 Å². The van der Waals surface area contributed by atoms with Gasteiger partial charge >= 0.3 is 6.18 Å². The highest BCUT2D eigenvalue weighted by molar-refractivity contribution is 5.96. The van der Waals surface area contributed by atoms with E-state index in [9.17, 15) is 18.0 Å². The van der Waals surface area contributed by atoms with Gasteiger partial charge in [0.25, 0.3) is 5.91 Å². The predicted molar refractivity (Wildman–Crippen MR) is 87.6 cm³/mol. The highest BCUT2D eigenvalue weighted by atomic mass is 19.4. The summed E-state index contributed by atoms with van der Waals surface area (Å²) >= 11 is 0. The van der Waals surface area contributed by atoms with Gasteiger partial charge < -0.3 is 14.6 Å². The molecule has 6 nitrogen and oxygen atoms in total. The van der Waals surface area contributed by atoms with Crippen LogP contribution in [0.3, 0.4) is 0 Å². The molecule has 1 fully saturated rings. The van der Waals surface area contributed by atoms with Gasteiger partial charge in [0.1, 0.15) is 5.76 Å². The van der Waals surface area contributed by atoms with Gasteiger partial charge in [-0.15, -0.1) is 0 Å². The number of amides is 1. The Morgan fingerprint density at radius 1 is 1.46 bits per heavy atom. The molecule has 3 rings (SSSR count). The molecule has 1 aliphatic rings. The molecular weight excluding hydrogens is 349 g/mol. The summed E-state index contributed by atoms with van der Waals surface area (Å²) in [6, 6.07) is 3.10. The topological polar surface area (TPSA) is 63.3 Å². The van der Waals surface area contributed by atoms with Gasteiger partial charge in [-0.05, 0) is 45.5 Å². The number of piperidine rings is 1. The number of carbonyl (C=O) groups excluding carboxylic acids is 1. The number of nitrogens with zero attached hydrogens (tertiary/aromatic N) is 3. The summed E-state index contributed by atoms with van der Waals surface area (Å²) in [6.45, 7) is 3.03. The fraction of sp³-hybridized carbons (Fsp3) is 0.529. The molecule has 3 heterocycles. The molecule has 1 N–H and O–H groups in total. The minimum Gasteiger partial charge on any atom is -0.467 e. The maximum Gasteiger partial charge on any atom is 0.435 e. The molecular formula is C17H21F3N4O2. The second kappa shape index (κ2) is 7.14. The highest BCUT2D eigenvalue weighted by Crippen LogP contribution is 2.34. The van der Waals surface area contributed by atoms with Crippen molar-refractivity contribution in [1.29, 1.82) is 0 Å². The smallest absolute Gasteiger partial charge is 0.435 e. The van der Waals surface area contributed by atoms with Crippen LogP contribution in [0.1, 0.15) is 46.4 Å². The molecule has 1 atom stereocenters. The van der Waals surface area contributed by atoms with E-state index in [1.165, 1.54) is 17.9 Å². The molecule has 9 heteroatoms. The maximum atomic E-state index is 13.5. The highest BCUT2D eigenvalue weighted by Gasteiger charge is 2.41. The van der Waals surface area contributed by atoms with Gasteiger partial charge in [0.05, 0.1) is 24.4 Å². The Balaban J connectivity index is 1.90. The molecule has 142 valence electrons. The number of hydrogen-bond acceptors (Lipinski definition) is 4. The van der Waals surface area contributed by atoms with E-state index in [-0.39, 0.29) is 18.3 Å². The van der Waals surface area contributed by atoms with E-state index in [0.29, 0.717) is 12.3 Å². The third kappa shape index (κ3) is 3.77. The Hall–Kier alpha value is -2.29. The van der Waals surface area contributed by atoms with E-state index >= 15 is 0 Å². The normalized spacial score (nSPS) is 18.9. The van der Waals surface area contributed by atoms with Crippen LogP contribution in [0.15, 0.2) is 22.8 Å². The van der Waals surface area contributed by atoms with Crippen LogP contribution in [0.5, 0.6) is 0 Å². The van der Waals surface area contributed by atoms with Crippen molar-refractivity contribution in [2.75, 3.05) is 20.1 Å². The first-order valence-electron chi connectivity index (χ1n) is 8.42. The first-order chi connectivity index (χ1) is 12.3. The average molecular weight is 370 g/mol. The van der Waals surface area contributed by atoms with Crippen molar-refractivity contribution in [3.63, 3.8) is 0 Å². The average Bonchev–Trinajstić information content (AvgIpc) is 3.19. The van der Waals surface area contributed by atoms with E-state index in [2.05, 4.69) is 15.3 Å². The Labute approximate surface area is 149 Å². The van der Waals surface area contributed by atoms with Gasteiger partial charge in [-0.25, -0.2) is 0 Å². The van der Waals surface area contributed by atoms with Gasteiger partial charge in [-0.1, -0.05) is 0 Å². The van der Waals surface area contributed by atoms with E-state index in [1.54, 1.807) is 12.1 Å². The first-order valence-corrected chi connectivity index (χ1v) is 8.42. The van der Waals surface area contributed by atoms with E-state index in [0.717, 1.165) is 19.4 Å². The number of hydrogen-bond donors (Lipinski definition) is 1. The van der Waals surface area contributed by atoms with Crippen molar-refractivity contribution in [3.05, 3.63) is 41.1 Å². The summed E-state index contributed by atoms with van der Waals surface area (Å²) in [5.41, 5.74) is -1.33. The van der Waals surface area contributed by atoms with Crippen molar-refractivity contribution in [3.8, 4) is 0 Å². The van der Waals surface area contributed by atoms with Crippen LogP contribution in [-0.2, 0) is 12.7 Å². The number of aromatic nitrogens is 2. The zero-order valence-electron chi connectivity index (χ0n) is 14.6. The van der Waals surface area contributed by atoms with Crippen molar-refractivity contribution in [1.82, 2.24) is 20.0 Å². The molecule has 1 unspecified atom stereocenters. The monoisotopic (exact) mass is 370 g/mol. The minimum atomic E-state index is -4.70. The zero-order valence-corrected chi connectivity index (χ0v) is 14.6. The number of likely N-dealkylation sites (N-methyl/N-ethyl adjacent to an activating group) is 1. The van der Waals surface area contributed by atoms with Crippen LogP contribution >= 0.6 is 0 Å². The summed E-state index contributed by atoms with van der Waals surface area (Å²) in [6.07, 6.45) is -1.65. The van der Waals surface area contributed by atoms with E-state index in [4.69, 9.17) is 4.42 Å². The molecule has 0 aliphatic carbocycles. The van der Waals surface area contributed by atoms with Crippen molar-refractivity contribution >= 4 is 5.91 Å². The molecule has 0 aromatic carbocycles. The predicted octanol–water partition coefficient (Wildman–Crippen LogP) is 3.00. The Morgan fingerprint density at radius 2 is 2.23 bits per heavy atom. The summed E-state index contributed by atoms with van der Waals surface area (Å²) in [7, 11) is 1.92. The zero-order chi connectivity index (χ0) is 18.9. The summed E-state index contributed by atoms with van der Waals surface area (Å²) in [4.78, 5) is 14.5. The molecule has 0 radical (unpaired) electrons. The number of rotatable bonds is 4. The van der Waals surface area contributed by atoms with Gasteiger partial charge in [0, 0.05) is 12.2 Å². The lowest BCUT2D eigenvalue weighted by Crippen LogP contribution is -2.34. The number of nitrogens with one attached hydrogen (secondary N) is 1. The third-order valence-electron chi connectivity index (χ3n) is 4.59. The van der Waals surface area contributed by atoms with Crippen molar-refractivity contribution < 1.29 is 22.4 Å². The van der Waals surface area contributed by atoms with Crippen LogP contribution < -0.4 is 5.32 Å². The molecule has 2 aromatic heterocycles.